The van der Waals surface area contributed by atoms with Gasteiger partial charge >= 0.3 is 6.18 Å². The monoisotopic (exact) mass is 360 g/mol. The van der Waals surface area contributed by atoms with Gasteiger partial charge in [0.25, 0.3) is 5.91 Å². The highest BCUT2D eigenvalue weighted by atomic mass is 35.5. The van der Waals surface area contributed by atoms with E-state index in [0.717, 1.165) is 12.1 Å². The van der Waals surface area contributed by atoms with Crippen LogP contribution in [0.15, 0.2) is 36.4 Å². The van der Waals surface area contributed by atoms with Crippen LogP contribution in [0.4, 0.5) is 18.9 Å². The average molecular weight is 361 g/mol. The van der Waals surface area contributed by atoms with Gasteiger partial charge in [-0.15, -0.1) is 0 Å². The van der Waals surface area contributed by atoms with E-state index in [4.69, 9.17) is 28.9 Å². The summed E-state index contributed by atoms with van der Waals surface area (Å²) in [6.45, 7) is 0. The second-order valence-corrected chi connectivity index (χ2v) is 5.96. The van der Waals surface area contributed by atoms with Gasteiger partial charge in [-0.2, -0.15) is 13.2 Å². The number of anilines is 1. The summed E-state index contributed by atoms with van der Waals surface area (Å²) < 4.78 is 38.0. The first-order chi connectivity index (χ1) is 10.6. The summed E-state index contributed by atoms with van der Waals surface area (Å²) in [6.07, 6.45) is -4.47. The summed E-state index contributed by atoms with van der Waals surface area (Å²) in [5.74, 6) is -0.564. The number of hydrogen-bond acceptors (Lipinski definition) is 2. The van der Waals surface area contributed by atoms with Crippen LogP contribution in [0.1, 0.15) is 16.7 Å². The van der Waals surface area contributed by atoms with Crippen molar-refractivity contribution >= 4 is 34.8 Å². The summed E-state index contributed by atoms with van der Waals surface area (Å²) in [4.78, 5) is 12.3. The summed E-state index contributed by atoms with van der Waals surface area (Å²) in [7, 11) is 0. The van der Waals surface area contributed by atoms with Gasteiger partial charge in [0.2, 0.25) is 0 Å². The molecule has 0 bridgehead atoms. The van der Waals surface area contributed by atoms with Crippen molar-refractivity contribution in [1.29, 1.82) is 0 Å². The van der Waals surface area contributed by atoms with Crippen LogP contribution in [0, 0.1) is 0 Å². The molecule has 0 aliphatic carbocycles. The normalized spacial score (nSPS) is 20.3. The molecule has 1 amide bonds. The Bertz CT molecular complexity index is 806. The molecule has 3 N–H and O–H groups in total. The number of carbonyl (C=O) groups excluding carboxylic acids is 1. The number of hydrogen-bond donors (Lipinski definition) is 2. The Labute approximate surface area is 139 Å². The number of nitrogens with two attached hydrogens (primary N) is 1. The van der Waals surface area contributed by atoms with Gasteiger partial charge in [-0.3, -0.25) is 4.79 Å². The lowest BCUT2D eigenvalue weighted by Crippen LogP contribution is -2.44. The van der Waals surface area contributed by atoms with Crippen molar-refractivity contribution in [1.82, 2.24) is 0 Å². The minimum absolute atomic E-state index is 0.198. The van der Waals surface area contributed by atoms with E-state index in [2.05, 4.69) is 5.32 Å². The molecule has 1 unspecified atom stereocenters. The lowest BCUT2D eigenvalue weighted by atomic mass is 9.84. The summed E-state index contributed by atoms with van der Waals surface area (Å²) >= 11 is 11.9. The highest BCUT2D eigenvalue weighted by Crippen LogP contribution is 2.43. The van der Waals surface area contributed by atoms with Crippen LogP contribution in [-0.2, 0) is 16.5 Å². The van der Waals surface area contributed by atoms with Crippen molar-refractivity contribution in [2.45, 2.75) is 11.7 Å². The van der Waals surface area contributed by atoms with Crippen LogP contribution < -0.4 is 11.1 Å². The van der Waals surface area contributed by atoms with E-state index >= 15 is 0 Å². The highest BCUT2D eigenvalue weighted by molar-refractivity contribution is 6.42. The second-order valence-electron chi connectivity index (χ2n) is 5.15. The molecule has 0 saturated carbocycles. The van der Waals surface area contributed by atoms with E-state index in [1.54, 1.807) is 0 Å². The third-order valence-corrected chi connectivity index (χ3v) is 4.48. The number of nitrogens with one attached hydrogen (secondary N) is 1. The van der Waals surface area contributed by atoms with Crippen LogP contribution in [0.2, 0.25) is 10.0 Å². The second kappa shape index (κ2) is 5.12. The van der Waals surface area contributed by atoms with Crippen molar-refractivity contribution in [2.75, 3.05) is 5.32 Å². The molecule has 0 fully saturated rings. The maximum atomic E-state index is 12.7. The fourth-order valence-electron chi connectivity index (χ4n) is 2.53. The Morgan fingerprint density at radius 1 is 1.04 bits per heavy atom. The topological polar surface area (TPSA) is 55.1 Å². The molecule has 1 atom stereocenters. The number of alkyl halides is 3. The molecule has 2 aromatic carbocycles. The number of halogens is 5. The van der Waals surface area contributed by atoms with Gasteiger partial charge in [-0.25, -0.2) is 0 Å². The van der Waals surface area contributed by atoms with Gasteiger partial charge in [-0.05, 0) is 29.8 Å². The van der Waals surface area contributed by atoms with Crippen LogP contribution in [0.3, 0.4) is 0 Å². The highest BCUT2D eigenvalue weighted by Gasteiger charge is 2.45. The first-order valence-electron chi connectivity index (χ1n) is 6.41. The number of fused-ring (bicyclic) bond motifs is 1. The quantitative estimate of drug-likeness (QED) is 0.801. The van der Waals surface area contributed by atoms with Gasteiger partial charge in [0.1, 0.15) is 5.54 Å². The fourth-order valence-corrected chi connectivity index (χ4v) is 2.86. The Kier molecular flexibility index (Phi) is 3.59. The molecule has 8 heteroatoms. The maximum absolute atomic E-state index is 12.7. The van der Waals surface area contributed by atoms with E-state index < -0.39 is 23.2 Å². The van der Waals surface area contributed by atoms with Gasteiger partial charge in [0.15, 0.2) is 0 Å². The molecule has 120 valence electrons. The predicted molar refractivity (Wildman–Crippen MR) is 81.5 cm³/mol. The summed E-state index contributed by atoms with van der Waals surface area (Å²) in [5, 5.41) is 3.01. The van der Waals surface area contributed by atoms with Crippen LogP contribution in [-0.4, -0.2) is 5.91 Å². The van der Waals surface area contributed by atoms with Crippen LogP contribution in [0.5, 0.6) is 0 Å². The zero-order chi connectivity index (χ0) is 17.0. The molecule has 0 aromatic heterocycles. The average Bonchev–Trinajstić information content (AvgIpc) is 2.72. The smallest absolute Gasteiger partial charge is 0.323 e. The Hall–Kier alpha value is -1.76. The lowest BCUT2D eigenvalue weighted by molar-refractivity contribution is -0.137. The Morgan fingerprint density at radius 3 is 2.17 bits per heavy atom. The van der Waals surface area contributed by atoms with E-state index in [0.29, 0.717) is 11.3 Å². The van der Waals surface area contributed by atoms with Gasteiger partial charge in [-0.1, -0.05) is 35.3 Å². The van der Waals surface area contributed by atoms with Crippen molar-refractivity contribution < 1.29 is 18.0 Å². The van der Waals surface area contributed by atoms with Crippen molar-refractivity contribution in [3.8, 4) is 0 Å². The molecule has 23 heavy (non-hydrogen) atoms. The molecule has 0 radical (unpaired) electrons. The molecule has 1 aliphatic heterocycles. The largest absolute Gasteiger partial charge is 0.416 e. The van der Waals surface area contributed by atoms with Crippen molar-refractivity contribution in [3.05, 3.63) is 63.1 Å². The number of benzene rings is 2. The number of amides is 1. The minimum atomic E-state index is -4.47. The molecule has 0 saturated heterocycles. The first kappa shape index (κ1) is 16.1. The van der Waals surface area contributed by atoms with Gasteiger partial charge < -0.3 is 11.1 Å². The van der Waals surface area contributed by atoms with Crippen molar-refractivity contribution in [3.63, 3.8) is 0 Å². The van der Waals surface area contributed by atoms with Crippen LogP contribution >= 0.6 is 23.2 Å². The Balaban J connectivity index is 2.13. The third kappa shape index (κ3) is 2.47. The molecular weight excluding hydrogens is 352 g/mol. The van der Waals surface area contributed by atoms with Gasteiger partial charge in [0.05, 0.1) is 15.6 Å². The Morgan fingerprint density at radius 2 is 1.61 bits per heavy atom. The van der Waals surface area contributed by atoms with E-state index in [1.807, 2.05) is 0 Å². The molecular formula is C15H9Cl2F3N2O. The zero-order valence-electron chi connectivity index (χ0n) is 11.3. The molecule has 0 spiro atoms. The van der Waals surface area contributed by atoms with Crippen molar-refractivity contribution in [2.24, 2.45) is 5.73 Å². The number of carbonyl (C=O) groups is 1. The van der Waals surface area contributed by atoms with Gasteiger partial charge in [0, 0.05) is 11.3 Å². The fraction of sp³-hybridized carbons (Fsp3) is 0.133. The lowest BCUT2D eigenvalue weighted by Gasteiger charge is -2.23. The molecule has 3 rings (SSSR count). The minimum Gasteiger partial charge on any atom is -0.323 e. The zero-order valence-corrected chi connectivity index (χ0v) is 12.9. The SMILES string of the molecule is NC1(c2ccc(C(F)(F)F)cc2)C(=O)Nc2cc(Cl)c(Cl)cc21. The first-order valence-corrected chi connectivity index (χ1v) is 7.17. The molecule has 1 heterocycles. The summed E-state index contributed by atoms with van der Waals surface area (Å²) in [6, 6.07) is 7.02. The van der Waals surface area contributed by atoms with Crippen LogP contribution in [0.25, 0.3) is 0 Å². The third-order valence-electron chi connectivity index (χ3n) is 3.76. The van der Waals surface area contributed by atoms with E-state index in [-0.39, 0.29) is 15.6 Å². The molecule has 2 aromatic rings. The maximum Gasteiger partial charge on any atom is 0.416 e. The predicted octanol–water partition coefficient (Wildman–Crippen LogP) is 4.17. The number of rotatable bonds is 1. The van der Waals surface area contributed by atoms with E-state index in [1.165, 1.54) is 24.3 Å². The summed E-state index contributed by atoms with van der Waals surface area (Å²) in [5.41, 5.74) is 4.73. The molecule has 3 nitrogen and oxygen atoms in total. The van der Waals surface area contributed by atoms with E-state index in [9.17, 15) is 18.0 Å². The molecule has 1 aliphatic rings. The standard InChI is InChI=1S/C15H9Cl2F3N2O/c16-10-5-9-12(6-11(10)17)22-13(23)14(9,21)7-1-3-8(4-2-7)15(18,19)20/h1-6H,21H2,(H,22,23).